The SMILES string of the molecule is COc1cc(NC2CCCN(c3ccc(OC(F)F)cc3)C2=O)ncn1. The zero-order valence-electron chi connectivity index (χ0n) is 14.1. The number of hydrogen-bond donors (Lipinski definition) is 1. The molecular weight excluding hydrogens is 346 g/mol. The normalized spacial score (nSPS) is 17.3. The molecule has 1 unspecified atom stereocenters. The maximum absolute atomic E-state index is 12.8. The van der Waals surface area contributed by atoms with Crippen LogP contribution in [0.15, 0.2) is 36.7 Å². The summed E-state index contributed by atoms with van der Waals surface area (Å²) >= 11 is 0. The van der Waals surface area contributed by atoms with Gasteiger partial charge in [-0.05, 0) is 37.1 Å². The van der Waals surface area contributed by atoms with Crippen molar-refractivity contribution in [2.45, 2.75) is 25.5 Å². The maximum atomic E-state index is 12.8. The van der Waals surface area contributed by atoms with E-state index in [2.05, 4.69) is 20.0 Å². The predicted molar refractivity (Wildman–Crippen MR) is 90.7 cm³/mol. The number of benzene rings is 1. The van der Waals surface area contributed by atoms with Crippen LogP contribution < -0.4 is 19.7 Å². The van der Waals surface area contributed by atoms with E-state index in [4.69, 9.17) is 4.74 Å². The summed E-state index contributed by atoms with van der Waals surface area (Å²) in [6.45, 7) is -2.32. The predicted octanol–water partition coefficient (Wildman–Crippen LogP) is 2.69. The molecule has 0 radical (unpaired) electrons. The van der Waals surface area contributed by atoms with Gasteiger partial charge in [-0.2, -0.15) is 8.78 Å². The summed E-state index contributed by atoms with van der Waals surface area (Å²) in [6, 6.07) is 7.18. The molecule has 1 aliphatic heterocycles. The zero-order valence-corrected chi connectivity index (χ0v) is 14.1. The molecule has 1 atom stereocenters. The molecule has 2 heterocycles. The number of aromatic nitrogens is 2. The summed E-state index contributed by atoms with van der Waals surface area (Å²) in [5.41, 5.74) is 0.628. The van der Waals surface area contributed by atoms with Crippen LogP contribution in [0.2, 0.25) is 0 Å². The van der Waals surface area contributed by atoms with Crippen LogP contribution in [0.3, 0.4) is 0 Å². The summed E-state index contributed by atoms with van der Waals surface area (Å²) in [4.78, 5) is 22.4. The van der Waals surface area contributed by atoms with Crippen molar-refractivity contribution in [3.05, 3.63) is 36.7 Å². The van der Waals surface area contributed by atoms with Gasteiger partial charge in [0.05, 0.1) is 7.11 Å². The standard InChI is InChI=1S/C17H18F2N4O3/c1-25-15-9-14(20-10-21-15)22-13-3-2-8-23(16(13)24)11-4-6-12(7-5-11)26-17(18)19/h4-7,9-10,13,17H,2-3,8H2,1H3,(H,20,21,22). The molecule has 0 saturated carbocycles. The van der Waals surface area contributed by atoms with Gasteiger partial charge in [-0.1, -0.05) is 0 Å². The van der Waals surface area contributed by atoms with Gasteiger partial charge in [0.25, 0.3) is 0 Å². The third-order valence-corrected chi connectivity index (χ3v) is 3.99. The van der Waals surface area contributed by atoms with Gasteiger partial charge < -0.3 is 19.7 Å². The van der Waals surface area contributed by atoms with E-state index in [1.807, 2.05) is 0 Å². The van der Waals surface area contributed by atoms with Crippen molar-refractivity contribution in [3.8, 4) is 11.6 Å². The summed E-state index contributed by atoms with van der Waals surface area (Å²) in [5, 5.41) is 3.10. The Labute approximate surface area is 149 Å². The lowest BCUT2D eigenvalue weighted by Gasteiger charge is -2.33. The lowest BCUT2D eigenvalue weighted by atomic mass is 10.0. The molecular formula is C17H18F2N4O3. The summed E-state index contributed by atoms with van der Waals surface area (Å²) < 4.78 is 33.8. The smallest absolute Gasteiger partial charge is 0.387 e. The van der Waals surface area contributed by atoms with Crippen LogP contribution in [-0.4, -0.2) is 42.2 Å². The van der Waals surface area contributed by atoms with Crippen molar-refractivity contribution in [3.63, 3.8) is 0 Å². The second-order valence-corrected chi connectivity index (χ2v) is 5.65. The molecule has 3 rings (SSSR count). The highest BCUT2D eigenvalue weighted by Crippen LogP contribution is 2.26. The first-order chi connectivity index (χ1) is 12.6. The molecule has 1 saturated heterocycles. The number of rotatable bonds is 6. The number of halogens is 2. The monoisotopic (exact) mass is 364 g/mol. The number of ether oxygens (including phenoxy) is 2. The van der Waals surface area contributed by atoms with Gasteiger partial charge in [0.1, 0.15) is 23.9 Å². The Kier molecular flexibility index (Phi) is 5.45. The lowest BCUT2D eigenvalue weighted by Crippen LogP contribution is -2.47. The second-order valence-electron chi connectivity index (χ2n) is 5.65. The van der Waals surface area contributed by atoms with Gasteiger partial charge in [-0.3, -0.25) is 4.79 Å². The number of methoxy groups -OCH3 is 1. The third-order valence-electron chi connectivity index (χ3n) is 3.99. The number of anilines is 2. The number of hydrogen-bond acceptors (Lipinski definition) is 6. The van der Waals surface area contributed by atoms with Crippen LogP contribution in [0.5, 0.6) is 11.6 Å². The van der Waals surface area contributed by atoms with Crippen molar-refractivity contribution in [1.29, 1.82) is 0 Å². The molecule has 1 fully saturated rings. The highest BCUT2D eigenvalue weighted by atomic mass is 19.3. The van der Waals surface area contributed by atoms with Gasteiger partial charge in [0.15, 0.2) is 0 Å². The first-order valence-corrected chi connectivity index (χ1v) is 8.05. The zero-order chi connectivity index (χ0) is 18.5. The largest absolute Gasteiger partial charge is 0.481 e. The van der Waals surface area contributed by atoms with E-state index in [9.17, 15) is 13.6 Å². The highest BCUT2D eigenvalue weighted by molar-refractivity contribution is 5.99. The summed E-state index contributed by atoms with van der Waals surface area (Å²) in [5.74, 6) is 0.835. The molecule has 26 heavy (non-hydrogen) atoms. The molecule has 1 amide bonds. The van der Waals surface area contributed by atoms with E-state index in [-0.39, 0.29) is 11.7 Å². The molecule has 1 aromatic heterocycles. The van der Waals surface area contributed by atoms with Gasteiger partial charge in [-0.15, -0.1) is 0 Å². The summed E-state index contributed by atoms with van der Waals surface area (Å²) in [7, 11) is 1.50. The summed E-state index contributed by atoms with van der Waals surface area (Å²) in [6.07, 6.45) is 2.81. The van der Waals surface area contributed by atoms with Gasteiger partial charge in [0.2, 0.25) is 11.8 Å². The molecule has 0 bridgehead atoms. The molecule has 1 aliphatic rings. The van der Waals surface area contributed by atoms with Crippen LogP contribution in [-0.2, 0) is 4.79 Å². The van der Waals surface area contributed by atoms with Crippen LogP contribution in [0.4, 0.5) is 20.3 Å². The van der Waals surface area contributed by atoms with E-state index in [1.54, 1.807) is 23.1 Å². The number of amides is 1. The topological polar surface area (TPSA) is 76.6 Å². The molecule has 1 N–H and O–H groups in total. The van der Waals surface area contributed by atoms with Gasteiger partial charge in [-0.25, -0.2) is 9.97 Å². The van der Waals surface area contributed by atoms with Crippen LogP contribution in [0.1, 0.15) is 12.8 Å². The number of nitrogens with one attached hydrogen (secondary N) is 1. The van der Waals surface area contributed by atoms with Crippen LogP contribution >= 0.6 is 0 Å². The molecule has 1 aromatic carbocycles. The van der Waals surface area contributed by atoms with E-state index in [0.717, 1.165) is 6.42 Å². The number of carbonyl (C=O) groups excluding carboxylic acids is 1. The average Bonchev–Trinajstić information content (AvgIpc) is 2.64. The maximum Gasteiger partial charge on any atom is 0.387 e. The molecule has 2 aromatic rings. The van der Waals surface area contributed by atoms with E-state index in [0.29, 0.717) is 30.4 Å². The molecule has 138 valence electrons. The second kappa shape index (κ2) is 7.94. The number of carbonyl (C=O) groups is 1. The number of piperidine rings is 1. The molecule has 7 nitrogen and oxygen atoms in total. The fourth-order valence-corrected chi connectivity index (χ4v) is 2.78. The highest BCUT2D eigenvalue weighted by Gasteiger charge is 2.30. The molecule has 9 heteroatoms. The van der Waals surface area contributed by atoms with E-state index >= 15 is 0 Å². The minimum absolute atomic E-state index is 0.0518. The Balaban J connectivity index is 1.70. The van der Waals surface area contributed by atoms with Crippen molar-refractivity contribution in [2.75, 3.05) is 23.9 Å². The van der Waals surface area contributed by atoms with E-state index in [1.165, 1.54) is 25.6 Å². The minimum Gasteiger partial charge on any atom is -0.481 e. The lowest BCUT2D eigenvalue weighted by molar-refractivity contribution is -0.120. The molecule has 0 aliphatic carbocycles. The van der Waals surface area contributed by atoms with Gasteiger partial charge in [0, 0.05) is 18.3 Å². The quantitative estimate of drug-likeness (QED) is 0.849. The Morgan fingerprint density at radius 2 is 2.04 bits per heavy atom. The van der Waals surface area contributed by atoms with Crippen molar-refractivity contribution in [2.24, 2.45) is 0 Å². The first-order valence-electron chi connectivity index (χ1n) is 8.05. The first kappa shape index (κ1) is 17.8. The fourth-order valence-electron chi connectivity index (χ4n) is 2.78. The van der Waals surface area contributed by atoms with Crippen LogP contribution in [0.25, 0.3) is 0 Å². The van der Waals surface area contributed by atoms with Crippen molar-refractivity contribution >= 4 is 17.4 Å². The Bertz CT molecular complexity index is 758. The minimum atomic E-state index is -2.88. The van der Waals surface area contributed by atoms with Gasteiger partial charge >= 0.3 is 6.61 Å². The fraction of sp³-hybridized carbons (Fsp3) is 0.353. The number of alkyl halides is 2. The Hall–Kier alpha value is -2.97. The number of nitrogens with zero attached hydrogens (tertiary/aromatic N) is 3. The van der Waals surface area contributed by atoms with Crippen molar-refractivity contribution < 1.29 is 23.0 Å². The van der Waals surface area contributed by atoms with Crippen LogP contribution in [0, 0.1) is 0 Å². The van der Waals surface area contributed by atoms with E-state index < -0.39 is 12.7 Å². The van der Waals surface area contributed by atoms with Crippen molar-refractivity contribution in [1.82, 2.24) is 9.97 Å². The Morgan fingerprint density at radius 1 is 1.27 bits per heavy atom. The third kappa shape index (κ3) is 4.16. The Morgan fingerprint density at radius 3 is 2.73 bits per heavy atom. The average molecular weight is 364 g/mol. The molecule has 0 spiro atoms.